The van der Waals surface area contributed by atoms with Gasteiger partial charge >= 0.3 is 0 Å². The SMILES string of the molecule is C=C(Nc1ccccc1)c1ccccc1NS(=C)CC. The maximum absolute atomic E-state index is 4.15. The van der Waals surface area contributed by atoms with E-state index in [0.717, 1.165) is 28.4 Å². The molecule has 0 aliphatic heterocycles. The zero-order valence-corrected chi connectivity index (χ0v) is 12.5. The molecule has 0 fully saturated rings. The Bertz CT molecular complexity index is 605. The van der Waals surface area contributed by atoms with Crippen molar-refractivity contribution in [2.75, 3.05) is 15.8 Å². The predicted octanol–water partition coefficient (Wildman–Crippen LogP) is 4.82. The standard InChI is InChI=1S/C17H20N2S/c1-4-20(3)19-17-13-9-8-12-16(17)14(2)18-15-10-6-5-7-11-15/h5-13,18-19H,2-4H2,1H3. The molecule has 104 valence electrons. The molecule has 2 N–H and O–H groups in total. The number of hydrogen-bond donors (Lipinski definition) is 2. The van der Waals surface area contributed by atoms with Gasteiger partial charge in [-0.05, 0) is 18.2 Å². The summed E-state index contributed by atoms with van der Waals surface area (Å²) in [6.45, 7) is 6.27. The smallest absolute Gasteiger partial charge is 0.0529 e. The first-order valence-corrected chi connectivity index (χ1v) is 8.14. The van der Waals surface area contributed by atoms with Crippen molar-refractivity contribution in [1.29, 1.82) is 0 Å². The third-order valence-corrected chi connectivity index (χ3v) is 4.13. The van der Waals surface area contributed by atoms with E-state index in [9.17, 15) is 0 Å². The Morgan fingerprint density at radius 2 is 1.70 bits per heavy atom. The first kappa shape index (κ1) is 14.4. The van der Waals surface area contributed by atoms with Crippen LogP contribution in [-0.4, -0.2) is 11.6 Å². The fourth-order valence-electron chi connectivity index (χ4n) is 1.83. The second kappa shape index (κ2) is 6.96. The molecular weight excluding hydrogens is 264 g/mol. The molecule has 2 aromatic rings. The van der Waals surface area contributed by atoms with Gasteiger partial charge in [-0.2, -0.15) is 0 Å². The van der Waals surface area contributed by atoms with Crippen LogP contribution >= 0.6 is 10.7 Å². The molecule has 2 aromatic carbocycles. The molecule has 20 heavy (non-hydrogen) atoms. The molecular formula is C17H20N2S. The highest BCUT2D eigenvalue weighted by Crippen LogP contribution is 2.27. The van der Waals surface area contributed by atoms with Crippen molar-refractivity contribution in [1.82, 2.24) is 0 Å². The molecule has 1 unspecified atom stereocenters. The summed E-state index contributed by atoms with van der Waals surface area (Å²) in [5.41, 5.74) is 4.07. The van der Waals surface area contributed by atoms with Gasteiger partial charge in [0.15, 0.2) is 0 Å². The second-order valence-electron chi connectivity index (χ2n) is 4.40. The average molecular weight is 284 g/mol. The Balaban J connectivity index is 2.19. The van der Waals surface area contributed by atoms with Crippen molar-refractivity contribution in [3.05, 3.63) is 66.7 Å². The molecule has 0 saturated heterocycles. The van der Waals surface area contributed by atoms with Crippen molar-refractivity contribution in [2.45, 2.75) is 6.92 Å². The van der Waals surface area contributed by atoms with Gasteiger partial charge in [0.05, 0.1) is 5.69 Å². The average Bonchev–Trinajstić information content (AvgIpc) is 2.48. The van der Waals surface area contributed by atoms with Crippen LogP contribution in [0.3, 0.4) is 0 Å². The zero-order valence-electron chi connectivity index (χ0n) is 11.7. The van der Waals surface area contributed by atoms with E-state index in [1.54, 1.807) is 0 Å². The molecule has 2 rings (SSSR count). The Morgan fingerprint density at radius 3 is 2.40 bits per heavy atom. The third kappa shape index (κ3) is 3.75. The lowest BCUT2D eigenvalue weighted by Gasteiger charge is -2.16. The summed E-state index contributed by atoms with van der Waals surface area (Å²) in [5.74, 6) is 5.11. The van der Waals surface area contributed by atoms with E-state index in [2.05, 4.69) is 41.5 Å². The molecule has 1 atom stereocenters. The highest BCUT2D eigenvalue weighted by Gasteiger charge is 2.05. The summed E-state index contributed by atoms with van der Waals surface area (Å²) in [5, 5.41) is 3.34. The summed E-state index contributed by atoms with van der Waals surface area (Å²) in [4.78, 5) is 0. The molecule has 0 aliphatic carbocycles. The number of nitrogens with one attached hydrogen (secondary N) is 2. The summed E-state index contributed by atoms with van der Waals surface area (Å²) < 4.78 is 3.44. The zero-order chi connectivity index (χ0) is 14.4. The van der Waals surface area contributed by atoms with Crippen LogP contribution in [0.5, 0.6) is 0 Å². The molecule has 0 radical (unpaired) electrons. The minimum atomic E-state index is -0.0701. The van der Waals surface area contributed by atoms with Crippen LogP contribution in [0.1, 0.15) is 12.5 Å². The Hall–Kier alpha value is -2.00. The van der Waals surface area contributed by atoms with Gasteiger partial charge in [-0.15, -0.1) is 10.7 Å². The Kier molecular flexibility index (Phi) is 5.02. The molecule has 0 heterocycles. The fraction of sp³-hybridized carbons (Fsp3) is 0.118. The second-order valence-corrected chi connectivity index (χ2v) is 6.17. The normalized spacial score (nSPS) is 11.7. The lowest BCUT2D eigenvalue weighted by Crippen LogP contribution is -2.01. The summed E-state index contributed by atoms with van der Waals surface area (Å²) in [6.07, 6.45) is 0. The first-order valence-electron chi connectivity index (χ1n) is 6.58. The topological polar surface area (TPSA) is 24.1 Å². The van der Waals surface area contributed by atoms with E-state index in [0.29, 0.717) is 0 Å². The van der Waals surface area contributed by atoms with Gasteiger partial charge in [-0.1, -0.05) is 55.8 Å². The van der Waals surface area contributed by atoms with Crippen LogP contribution < -0.4 is 10.0 Å². The largest absolute Gasteiger partial charge is 0.355 e. The van der Waals surface area contributed by atoms with Gasteiger partial charge in [0.25, 0.3) is 0 Å². The molecule has 2 nitrogen and oxygen atoms in total. The van der Waals surface area contributed by atoms with E-state index < -0.39 is 0 Å². The molecule has 3 heteroatoms. The summed E-state index contributed by atoms with van der Waals surface area (Å²) >= 11 is 0. The number of hydrogen-bond acceptors (Lipinski definition) is 2. The monoisotopic (exact) mass is 284 g/mol. The van der Waals surface area contributed by atoms with Gasteiger partial charge < -0.3 is 10.0 Å². The molecule has 0 saturated carbocycles. The van der Waals surface area contributed by atoms with E-state index in [1.807, 2.05) is 42.5 Å². The molecule has 0 bridgehead atoms. The van der Waals surface area contributed by atoms with Crippen molar-refractivity contribution in [3.63, 3.8) is 0 Å². The van der Waals surface area contributed by atoms with Crippen molar-refractivity contribution in [3.8, 4) is 0 Å². The van der Waals surface area contributed by atoms with Crippen LogP contribution in [0, 0.1) is 0 Å². The predicted molar refractivity (Wildman–Crippen MR) is 94.4 cm³/mol. The van der Waals surface area contributed by atoms with E-state index in [1.165, 1.54) is 0 Å². The summed E-state index contributed by atoms with van der Waals surface area (Å²) in [6, 6.07) is 18.2. The molecule has 0 aliphatic rings. The van der Waals surface area contributed by atoms with E-state index in [4.69, 9.17) is 0 Å². The first-order chi connectivity index (χ1) is 9.70. The Morgan fingerprint density at radius 1 is 1.05 bits per heavy atom. The number of para-hydroxylation sites is 2. The van der Waals surface area contributed by atoms with Crippen LogP contribution in [0.4, 0.5) is 11.4 Å². The van der Waals surface area contributed by atoms with Crippen molar-refractivity contribution in [2.24, 2.45) is 0 Å². The third-order valence-electron chi connectivity index (χ3n) is 2.92. The molecule has 0 aromatic heterocycles. The number of benzene rings is 2. The highest BCUT2D eigenvalue weighted by molar-refractivity contribution is 8.15. The maximum Gasteiger partial charge on any atom is 0.0529 e. The van der Waals surface area contributed by atoms with E-state index in [-0.39, 0.29) is 10.7 Å². The van der Waals surface area contributed by atoms with Crippen LogP contribution in [0.25, 0.3) is 5.70 Å². The van der Waals surface area contributed by atoms with Crippen LogP contribution in [-0.2, 0) is 0 Å². The molecule has 0 amide bonds. The van der Waals surface area contributed by atoms with Gasteiger partial charge in [0.1, 0.15) is 0 Å². The fourth-order valence-corrected chi connectivity index (χ4v) is 2.46. The van der Waals surface area contributed by atoms with Crippen LogP contribution in [0.15, 0.2) is 61.2 Å². The highest BCUT2D eigenvalue weighted by atomic mass is 32.2. The Labute approximate surface area is 123 Å². The maximum atomic E-state index is 4.15. The minimum absolute atomic E-state index is 0.0701. The van der Waals surface area contributed by atoms with Gasteiger partial charge in [-0.25, -0.2) is 0 Å². The van der Waals surface area contributed by atoms with Crippen molar-refractivity contribution < 1.29 is 0 Å². The van der Waals surface area contributed by atoms with E-state index >= 15 is 0 Å². The lowest BCUT2D eigenvalue weighted by atomic mass is 10.1. The summed E-state index contributed by atoms with van der Waals surface area (Å²) in [7, 11) is -0.0701. The van der Waals surface area contributed by atoms with Gasteiger partial charge in [0, 0.05) is 22.7 Å². The number of rotatable bonds is 6. The van der Waals surface area contributed by atoms with Gasteiger partial charge in [0.2, 0.25) is 0 Å². The minimum Gasteiger partial charge on any atom is -0.355 e. The van der Waals surface area contributed by atoms with Crippen molar-refractivity contribution >= 4 is 33.6 Å². The quantitative estimate of drug-likeness (QED) is 0.743. The van der Waals surface area contributed by atoms with Gasteiger partial charge in [-0.3, -0.25) is 0 Å². The van der Waals surface area contributed by atoms with Crippen LogP contribution in [0.2, 0.25) is 0 Å². The number of anilines is 2. The molecule has 0 spiro atoms. The lowest BCUT2D eigenvalue weighted by molar-refractivity contribution is 1.51.